The number of unbranched alkanes of at least 4 members (excludes halogenated alkanes) is 1. The Balaban J connectivity index is 1.24. The SMILES string of the molecule is Cc1ccc(C(=O)NCCCCC(=O)N2CCC3C2C(=O)CN3C(=O)c2ccccn2)cc1. The average molecular weight is 449 g/mol. The maximum absolute atomic E-state index is 12.8. The second-order valence-electron chi connectivity index (χ2n) is 8.58. The van der Waals surface area contributed by atoms with Crippen molar-refractivity contribution >= 4 is 23.5 Å². The molecular weight excluding hydrogens is 420 g/mol. The molecule has 8 heteroatoms. The molecule has 0 spiro atoms. The Labute approximate surface area is 193 Å². The number of rotatable bonds is 7. The molecule has 0 bridgehead atoms. The molecule has 3 amide bonds. The van der Waals surface area contributed by atoms with E-state index in [0.717, 1.165) is 5.56 Å². The van der Waals surface area contributed by atoms with Crippen LogP contribution in [0.3, 0.4) is 0 Å². The standard InChI is InChI=1S/C25H28N4O4/c1-17-8-10-18(11-9-17)24(32)27-14-5-3-7-22(31)28-15-12-20-23(28)21(30)16-29(20)25(33)19-6-2-4-13-26-19/h2,4,6,8-11,13,20,23H,3,5,7,12,14-16H2,1H3,(H,27,32). The number of hydrogen-bond donors (Lipinski definition) is 1. The van der Waals surface area contributed by atoms with Gasteiger partial charge >= 0.3 is 0 Å². The number of fused-ring (bicyclic) bond motifs is 1. The van der Waals surface area contributed by atoms with E-state index in [9.17, 15) is 19.2 Å². The van der Waals surface area contributed by atoms with Crippen molar-refractivity contribution in [2.75, 3.05) is 19.6 Å². The third-order valence-corrected chi connectivity index (χ3v) is 6.30. The number of benzene rings is 1. The van der Waals surface area contributed by atoms with Gasteiger partial charge in [0.1, 0.15) is 11.7 Å². The highest BCUT2D eigenvalue weighted by Gasteiger charge is 2.51. The van der Waals surface area contributed by atoms with Crippen LogP contribution in [-0.4, -0.2) is 70.0 Å². The number of amides is 3. The van der Waals surface area contributed by atoms with Gasteiger partial charge in [0.15, 0.2) is 5.78 Å². The predicted molar refractivity (Wildman–Crippen MR) is 122 cm³/mol. The molecule has 2 fully saturated rings. The average Bonchev–Trinajstić information content (AvgIpc) is 3.40. The lowest BCUT2D eigenvalue weighted by Gasteiger charge is -2.24. The molecular formula is C25H28N4O4. The number of pyridine rings is 1. The second kappa shape index (κ2) is 9.94. The lowest BCUT2D eigenvalue weighted by Crippen LogP contribution is -2.43. The van der Waals surface area contributed by atoms with Gasteiger partial charge in [-0.3, -0.25) is 24.2 Å². The van der Waals surface area contributed by atoms with Crippen molar-refractivity contribution in [1.82, 2.24) is 20.1 Å². The Hall–Kier alpha value is -3.55. The fourth-order valence-electron chi connectivity index (χ4n) is 4.56. The van der Waals surface area contributed by atoms with E-state index < -0.39 is 6.04 Å². The maximum Gasteiger partial charge on any atom is 0.273 e. The molecule has 1 aromatic heterocycles. The van der Waals surface area contributed by atoms with Gasteiger partial charge in [-0.1, -0.05) is 23.8 Å². The van der Waals surface area contributed by atoms with Crippen LogP contribution in [-0.2, 0) is 9.59 Å². The zero-order chi connectivity index (χ0) is 23.4. The maximum atomic E-state index is 12.8. The Morgan fingerprint density at radius 3 is 2.58 bits per heavy atom. The van der Waals surface area contributed by atoms with Crippen LogP contribution in [0.25, 0.3) is 0 Å². The molecule has 1 aromatic carbocycles. The molecule has 2 atom stereocenters. The van der Waals surface area contributed by atoms with Crippen LogP contribution in [0.4, 0.5) is 0 Å². The number of nitrogens with zero attached hydrogens (tertiary/aromatic N) is 3. The van der Waals surface area contributed by atoms with Gasteiger partial charge < -0.3 is 15.1 Å². The van der Waals surface area contributed by atoms with E-state index in [1.807, 2.05) is 19.1 Å². The molecule has 4 rings (SSSR count). The normalized spacial score (nSPS) is 19.5. The molecule has 0 radical (unpaired) electrons. The monoisotopic (exact) mass is 448 g/mol. The third kappa shape index (κ3) is 4.94. The van der Waals surface area contributed by atoms with Gasteiger partial charge in [0, 0.05) is 31.3 Å². The van der Waals surface area contributed by atoms with E-state index in [1.165, 1.54) is 0 Å². The van der Waals surface area contributed by atoms with Crippen LogP contribution in [0.5, 0.6) is 0 Å². The van der Waals surface area contributed by atoms with Crippen LogP contribution in [0.1, 0.15) is 52.1 Å². The summed E-state index contributed by atoms with van der Waals surface area (Å²) >= 11 is 0. The van der Waals surface area contributed by atoms with Crippen molar-refractivity contribution in [3.63, 3.8) is 0 Å². The molecule has 2 aliphatic heterocycles. The van der Waals surface area contributed by atoms with E-state index in [4.69, 9.17) is 0 Å². The quantitative estimate of drug-likeness (QED) is 0.653. The van der Waals surface area contributed by atoms with E-state index in [1.54, 1.807) is 46.3 Å². The number of Topliss-reactive ketones (excluding diaryl/α,β-unsaturated/α-hetero) is 1. The Kier molecular flexibility index (Phi) is 6.82. The minimum Gasteiger partial charge on any atom is -0.352 e. The minimum absolute atomic E-state index is 0.0135. The van der Waals surface area contributed by atoms with Gasteiger partial charge in [0.05, 0.1) is 12.6 Å². The van der Waals surface area contributed by atoms with Crippen LogP contribution in [0, 0.1) is 6.92 Å². The van der Waals surface area contributed by atoms with Crippen molar-refractivity contribution in [2.24, 2.45) is 0 Å². The van der Waals surface area contributed by atoms with Crippen LogP contribution < -0.4 is 5.32 Å². The Bertz CT molecular complexity index is 1040. The van der Waals surface area contributed by atoms with Gasteiger partial charge in [-0.15, -0.1) is 0 Å². The summed E-state index contributed by atoms with van der Waals surface area (Å²) in [7, 11) is 0. The van der Waals surface area contributed by atoms with Gasteiger partial charge in [-0.05, 0) is 50.5 Å². The number of ketones is 1. The highest BCUT2D eigenvalue weighted by Crippen LogP contribution is 2.31. The molecule has 3 heterocycles. The summed E-state index contributed by atoms with van der Waals surface area (Å²) in [5.41, 5.74) is 2.02. The summed E-state index contributed by atoms with van der Waals surface area (Å²) in [6, 6.07) is 11.6. The lowest BCUT2D eigenvalue weighted by atomic mass is 10.1. The highest BCUT2D eigenvalue weighted by atomic mass is 16.2. The summed E-state index contributed by atoms with van der Waals surface area (Å²) in [6.45, 7) is 2.93. The first-order valence-corrected chi connectivity index (χ1v) is 11.3. The van der Waals surface area contributed by atoms with E-state index in [0.29, 0.717) is 50.0 Å². The van der Waals surface area contributed by atoms with Crippen molar-refractivity contribution < 1.29 is 19.2 Å². The predicted octanol–water partition coefficient (Wildman–Crippen LogP) is 1.98. The van der Waals surface area contributed by atoms with E-state index >= 15 is 0 Å². The Morgan fingerprint density at radius 1 is 1.06 bits per heavy atom. The molecule has 0 aliphatic carbocycles. The second-order valence-corrected chi connectivity index (χ2v) is 8.58. The van der Waals surface area contributed by atoms with Crippen LogP contribution in [0.2, 0.25) is 0 Å². The van der Waals surface area contributed by atoms with Crippen molar-refractivity contribution in [3.8, 4) is 0 Å². The molecule has 2 saturated heterocycles. The molecule has 2 aromatic rings. The highest BCUT2D eigenvalue weighted by molar-refractivity contribution is 6.01. The van der Waals surface area contributed by atoms with Gasteiger partial charge in [0.25, 0.3) is 11.8 Å². The number of nitrogens with one attached hydrogen (secondary N) is 1. The van der Waals surface area contributed by atoms with Crippen molar-refractivity contribution in [1.29, 1.82) is 0 Å². The van der Waals surface area contributed by atoms with Gasteiger partial charge in [-0.2, -0.15) is 0 Å². The lowest BCUT2D eigenvalue weighted by molar-refractivity contribution is -0.136. The van der Waals surface area contributed by atoms with Crippen molar-refractivity contribution in [3.05, 3.63) is 65.5 Å². The van der Waals surface area contributed by atoms with Gasteiger partial charge in [-0.25, -0.2) is 0 Å². The number of carbonyl (C=O) groups excluding carboxylic acids is 4. The number of likely N-dealkylation sites (tertiary alicyclic amines) is 2. The summed E-state index contributed by atoms with van der Waals surface area (Å²) < 4.78 is 0. The largest absolute Gasteiger partial charge is 0.352 e. The number of aromatic nitrogens is 1. The third-order valence-electron chi connectivity index (χ3n) is 6.30. The smallest absolute Gasteiger partial charge is 0.273 e. The molecule has 2 unspecified atom stereocenters. The molecule has 33 heavy (non-hydrogen) atoms. The summed E-state index contributed by atoms with van der Waals surface area (Å²) in [4.78, 5) is 57.7. The first-order chi connectivity index (χ1) is 16.0. The summed E-state index contributed by atoms with van der Waals surface area (Å²) in [5.74, 6) is -0.568. The molecule has 1 N–H and O–H groups in total. The fraction of sp³-hybridized carbons (Fsp3) is 0.400. The zero-order valence-electron chi connectivity index (χ0n) is 18.7. The van der Waals surface area contributed by atoms with Crippen molar-refractivity contribution in [2.45, 2.75) is 44.7 Å². The topological polar surface area (TPSA) is 99.7 Å². The first kappa shape index (κ1) is 22.6. The summed E-state index contributed by atoms with van der Waals surface area (Å²) in [5, 5.41) is 2.87. The molecule has 172 valence electrons. The summed E-state index contributed by atoms with van der Waals surface area (Å²) in [6.07, 6.45) is 3.74. The molecule has 0 saturated carbocycles. The van der Waals surface area contributed by atoms with Gasteiger partial charge in [0.2, 0.25) is 5.91 Å². The van der Waals surface area contributed by atoms with Crippen LogP contribution >= 0.6 is 0 Å². The number of carbonyl (C=O) groups is 4. The minimum atomic E-state index is -0.564. The fourth-order valence-corrected chi connectivity index (χ4v) is 4.56. The molecule has 8 nitrogen and oxygen atoms in total. The van der Waals surface area contributed by atoms with E-state index in [-0.39, 0.29) is 36.1 Å². The number of hydrogen-bond acceptors (Lipinski definition) is 5. The first-order valence-electron chi connectivity index (χ1n) is 11.3. The Morgan fingerprint density at radius 2 is 1.85 bits per heavy atom. The van der Waals surface area contributed by atoms with E-state index in [2.05, 4.69) is 10.3 Å². The van der Waals surface area contributed by atoms with Crippen LogP contribution in [0.15, 0.2) is 48.7 Å². The molecule has 2 aliphatic rings. The zero-order valence-corrected chi connectivity index (χ0v) is 18.7. The number of aryl methyl sites for hydroxylation is 1.